The molecule has 0 aromatic carbocycles. The smallest absolute Gasteiger partial charge is 0.123 e. The van der Waals surface area contributed by atoms with Crippen LogP contribution in [-0.2, 0) is 11.3 Å². The van der Waals surface area contributed by atoms with Gasteiger partial charge in [-0.2, -0.15) is 0 Å². The molecule has 5 heteroatoms. The van der Waals surface area contributed by atoms with E-state index in [-0.39, 0.29) is 0 Å². The fourth-order valence-corrected chi connectivity index (χ4v) is 1.86. The Labute approximate surface area is 102 Å². The summed E-state index contributed by atoms with van der Waals surface area (Å²) in [4.78, 5) is 4.31. The van der Waals surface area contributed by atoms with E-state index < -0.39 is 0 Å². The molecule has 1 fully saturated rings. The minimum Gasteiger partial charge on any atom is -0.381 e. The van der Waals surface area contributed by atoms with Gasteiger partial charge in [0.1, 0.15) is 5.69 Å². The van der Waals surface area contributed by atoms with Gasteiger partial charge in [0.2, 0.25) is 0 Å². The zero-order chi connectivity index (χ0) is 11.9. The monoisotopic (exact) mass is 236 g/mol. The lowest BCUT2D eigenvalue weighted by Gasteiger charge is -2.05. The van der Waals surface area contributed by atoms with Crippen molar-refractivity contribution in [1.29, 1.82) is 0 Å². The maximum Gasteiger partial charge on any atom is 0.123 e. The van der Waals surface area contributed by atoms with E-state index in [1.165, 1.54) is 6.42 Å². The molecule has 1 aromatic rings. The first-order chi connectivity index (χ1) is 8.38. The van der Waals surface area contributed by atoms with Crippen LogP contribution < -0.4 is 0 Å². The highest BCUT2D eigenvalue weighted by molar-refractivity contribution is 5.76. The lowest BCUT2D eigenvalue weighted by Crippen LogP contribution is -2.11. The molecule has 1 atom stereocenters. The molecule has 2 heterocycles. The fraction of sp³-hybridized carbons (Fsp3) is 0.750. The van der Waals surface area contributed by atoms with Crippen molar-refractivity contribution in [3.8, 4) is 0 Å². The highest BCUT2D eigenvalue weighted by Crippen LogP contribution is 2.13. The van der Waals surface area contributed by atoms with Crippen LogP contribution >= 0.6 is 0 Å². The predicted octanol–water partition coefficient (Wildman–Crippen LogP) is 1.53. The molecular weight excluding hydrogens is 216 g/mol. The maximum absolute atomic E-state index is 5.34. The number of unbranched alkanes of at least 4 members (excludes halogenated alkanes) is 1. The highest BCUT2D eigenvalue weighted by atomic mass is 16.5. The summed E-state index contributed by atoms with van der Waals surface area (Å²) in [6.07, 6.45) is 7.19. The molecule has 0 unspecified atom stereocenters. The van der Waals surface area contributed by atoms with Crippen LogP contribution in [0.3, 0.4) is 0 Å². The van der Waals surface area contributed by atoms with Crippen molar-refractivity contribution in [2.45, 2.75) is 32.7 Å². The number of ether oxygens (including phenoxy) is 1. The standard InChI is InChI=1S/C12H20N4O/c1-2-3-5-13-7-12-9-16(15-14-12)8-11-4-6-17-10-11/h7,9,11H,2-6,8,10H2,1H3/t11-/m1/s1. The number of aromatic nitrogens is 3. The van der Waals surface area contributed by atoms with Crippen molar-refractivity contribution in [3.05, 3.63) is 11.9 Å². The van der Waals surface area contributed by atoms with Gasteiger partial charge < -0.3 is 4.74 Å². The minimum atomic E-state index is 0.585. The second kappa shape index (κ2) is 6.49. The van der Waals surface area contributed by atoms with Crippen molar-refractivity contribution in [3.63, 3.8) is 0 Å². The first kappa shape index (κ1) is 12.2. The summed E-state index contributed by atoms with van der Waals surface area (Å²) in [6.45, 7) is 5.66. The zero-order valence-electron chi connectivity index (χ0n) is 10.4. The second-order valence-electron chi connectivity index (χ2n) is 4.48. The fourth-order valence-electron chi connectivity index (χ4n) is 1.86. The number of hydrogen-bond donors (Lipinski definition) is 0. The van der Waals surface area contributed by atoms with Crippen molar-refractivity contribution in [2.75, 3.05) is 19.8 Å². The quantitative estimate of drug-likeness (QED) is 0.556. The van der Waals surface area contributed by atoms with Crippen LogP contribution in [-0.4, -0.2) is 41.0 Å². The first-order valence-corrected chi connectivity index (χ1v) is 6.36. The maximum atomic E-state index is 5.34. The summed E-state index contributed by atoms with van der Waals surface area (Å²) in [6, 6.07) is 0. The molecule has 5 nitrogen and oxygen atoms in total. The number of rotatable bonds is 6. The molecule has 2 rings (SSSR count). The summed E-state index contributed by atoms with van der Waals surface area (Å²) in [5, 5.41) is 8.18. The SMILES string of the molecule is CCCCN=Cc1cn(C[C@H]2CCOC2)nn1. The molecule has 1 aliphatic rings. The molecule has 0 amide bonds. The van der Waals surface area contributed by atoms with Gasteiger partial charge in [-0.15, -0.1) is 5.10 Å². The first-order valence-electron chi connectivity index (χ1n) is 6.36. The molecule has 0 N–H and O–H groups in total. The molecule has 0 bridgehead atoms. The Bertz CT molecular complexity index is 355. The highest BCUT2D eigenvalue weighted by Gasteiger charge is 2.16. The Morgan fingerprint density at radius 1 is 1.65 bits per heavy atom. The van der Waals surface area contributed by atoms with E-state index in [0.29, 0.717) is 5.92 Å². The van der Waals surface area contributed by atoms with E-state index in [0.717, 1.165) is 44.8 Å². The molecule has 0 radical (unpaired) electrons. The average molecular weight is 236 g/mol. The normalized spacial score (nSPS) is 20.4. The largest absolute Gasteiger partial charge is 0.381 e. The van der Waals surface area contributed by atoms with Gasteiger partial charge in [-0.1, -0.05) is 18.6 Å². The lowest BCUT2D eigenvalue weighted by atomic mass is 10.1. The Hall–Kier alpha value is -1.23. The number of hydrogen-bond acceptors (Lipinski definition) is 4. The van der Waals surface area contributed by atoms with Crippen molar-refractivity contribution in [1.82, 2.24) is 15.0 Å². The third-order valence-electron chi connectivity index (χ3n) is 2.89. The van der Waals surface area contributed by atoms with Crippen LogP contribution in [0.4, 0.5) is 0 Å². The molecule has 94 valence electrons. The van der Waals surface area contributed by atoms with Gasteiger partial charge in [0.25, 0.3) is 0 Å². The topological polar surface area (TPSA) is 52.3 Å². The molecule has 0 saturated carbocycles. The molecule has 1 aliphatic heterocycles. The van der Waals surface area contributed by atoms with Gasteiger partial charge in [-0.3, -0.25) is 9.67 Å². The third kappa shape index (κ3) is 3.93. The molecule has 0 spiro atoms. The zero-order valence-corrected chi connectivity index (χ0v) is 10.4. The van der Waals surface area contributed by atoms with Gasteiger partial charge in [0.15, 0.2) is 0 Å². The summed E-state index contributed by atoms with van der Waals surface area (Å²) in [5.74, 6) is 0.585. The van der Waals surface area contributed by atoms with Gasteiger partial charge >= 0.3 is 0 Å². The lowest BCUT2D eigenvalue weighted by molar-refractivity contribution is 0.181. The van der Waals surface area contributed by atoms with Crippen LogP contribution in [0.5, 0.6) is 0 Å². The Morgan fingerprint density at radius 3 is 3.35 bits per heavy atom. The van der Waals surface area contributed by atoms with Crippen LogP contribution in [0.1, 0.15) is 31.9 Å². The van der Waals surface area contributed by atoms with Gasteiger partial charge in [-0.05, 0) is 12.8 Å². The second-order valence-corrected chi connectivity index (χ2v) is 4.48. The van der Waals surface area contributed by atoms with Crippen LogP contribution in [0.25, 0.3) is 0 Å². The molecular formula is C12H20N4O. The molecule has 1 aromatic heterocycles. The Kier molecular flexibility index (Phi) is 4.67. The summed E-state index contributed by atoms with van der Waals surface area (Å²) in [5.41, 5.74) is 0.847. The van der Waals surface area contributed by atoms with E-state index >= 15 is 0 Å². The van der Waals surface area contributed by atoms with Crippen molar-refractivity contribution < 1.29 is 4.74 Å². The summed E-state index contributed by atoms with van der Waals surface area (Å²) < 4.78 is 7.23. The molecule has 17 heavy (non-hydrogen) atoms. The predicted molar refractivity (Wildman–Crippen MR) is 66.3 cm³/mol. The molecule has 0 aliphatic carbocycles. The molecule has 1 saturated heterocycles. The third-order valence-corrected chi connectivity index (χ3v) is 2.89. The Balaban J connectivity index is 1.80. The van der Waals surface area contributed by atoms with Crippen LogP contribution in [0.2, 0.25) is 0 Å². The van der Waals surface area contributed by atoms with E-state index in [9.17, 15) is 0 Å². The van der Waals surface area contributed by atoms with E-state index in [2.05, 4.69) is 22.2 Å². The van der Waals surface area contributed by atoms with Crippen molar-refractivity contribution >= 4 is 6.21 Å². The number of aliphatic imine (C=N–C) groups is 1. The van der Waals surface area contributed by atoms with Crippen LogP contribution in [0.15, 0.2) is 11.2 Å². The average Bonchev–Trinajstić information content (AvgIpc) is 2.97. The summed E-state index contributed by atoms with van der Waals surface area (Å²) in [7, 11) is 0. The summed E-state index contributed by atoms with van der Waals surface area (Å²) >= 11 is 0. The van der Waals surface area contributed by atoms with E-state index in [1.807, 2.05) is 17.1 Å². The van der Waals surface area contributed by atoms with Crippen molar-refractivity contribution in [2.24, 2.45) is 10.9 Å². The number of nitrogens with zero attached hydrogens (tertiary/aromatic N) is 4. The van der Waals surface area contributed by atoms with E-state index in [4.69, 9.17) is 4.74 Å². The van der Waals surface area contributed by atoms with Gasteiger partial charge in [0, 0.05) is 25.6 Å². The van der Waals surface area contributed by atoms with Crippen LogP contribution in [0, 0.1) is 5.92 Å². The van der Waals surface area contributed by atoms with E-state index in [1.54, 1.807) is 0 Å². The van der Waals surface area contributed by atoms with Gasteiger partial charge in [0.05, 0.1) is 19.0 Å². The minimum absolute atomic E-state index is 0.585. The Morgan fingerprint density at radius 2 is 2.59 bits per heavy atom. The van der Waals surface area contributed by atoms with Gasteiger partial charge in [-0.25, -0.2) is 0 Å².